The Labute approximate surface area is 141 Å². The second kappa shape index (κ2) is 11.8. The first-order valence-electron chi connectivity index (χ1n) is 7.57. The highest BCUT2D eigenvalue weighted by molar-refractivity contribution is 8.14. The lowest BCUT2D eigenvalue weighted by molar-refractivity contribution is -0.138. The molecule has 0 fully saturated rings. The van der Waals surface area contributed by atoms with Crippen LogP contribution in [0, 0.1) is 11.3 Å². The number of carbonyl (C=O) groups excluding carboxylic acids is 1. The van der Waals surface area contributed by atoms with Gasteiger partial charge in [-0.3, -0.25) is 15.0 Å². The van der Waals surface area contributed by atoms with Crippen LogP contribution in [0.3, 0.4) is 0 Å². The molecule has 0 rings (SSSR count). The standard InChI is InChI=1S/C15H28N2O3S2/c1-10(2)9-17-15(20)12(8-14(18)19)21-7-5-6-13(16)22-11(3)4/h10-12,16H,5-9H2,1-4H3,(H,17,20)(H,18,19). The summed E-state index contributed by atoms with van der Waals surface area (Å²) in [6.07, 6.45) is 1.31. The van der Waals surface area contributed by atoms with Crippen LogP contribution in [0.5, 0.6) is 0 Å². The summed E-state index contributed by atoms with van der Waals surface area (Å²) in [7, 11) is 0. The number of hydrogen-bond acceptors (Lipinski definition) is 5. The van der Waals surface area contributed by atoms with Gasteiger partial charge in [-0.1, -0.05) is 27.7 Å². The third-order valence-electron chi connectivity index (χ3n) is 2.58. The van der Waals surface area contributed by atoms with Crippen LogP contribution in [0.1, 0.15) is 47.0 Å². The Morgan fingerprint density at radius 2 is 1.86 bits per heavy atom. The second-order valence-corrected chi connectivity index (χ2v) is 8.77. The zero-order chi connectivity index (χ0) is 17.1. The molecule has 1 atom stereocenters. The number of carbonyl (C=O) groups is 2. The fourth-order valence-corrected chi connectivity index (χ4v) is 3.53. The normalized spacial score (nSPS) is 12.5. The summed E-state index contributed by atoms with van der Waals surface area (Å²) >= 11 is 2.91. The van der Waals surface area contributed by atoms with Crippen molar-refractivity contribution in [3.63, 3.8) is 0 Å². The quantitative estimate of drug-likeness (QED) is 0.303. The van der Waals surface area contributed by atoms with Crippen LogP contribution in [-0.2, 0) is 9.59 Å². The Morgan fingerprint density at radius 3 is 2.36 bits per heavy atom. The van der Waals surface area contributed by atoms with E-state index in [2.05, 4.69) is 19.2 Å². The van der Waals surface area contributed by atoms with E-state index < -0.39 is 11.2 Å². The van der Waals surface area contributed by atoms with Crippen LogP contribution in [0.15, 0.2) is 0 Å². The van der Waals surface area contributed by atoms with E-state index in [1.807, 2.05) is 13.8 Å². The van der Waals surface area contributed by atoms with Gasteiger partial charge >= 0.3 is 5.97 Å². The van der Waals surface area contributed by atoms with Crippen molar-refractivity contribution >= 4 is 40.4 Å². The predicted molar refractivity (Wildman–Crippen MR) is 96.0 cm³/mol. The number of carboxylic acids is 1. The van der Waals surface area contributed by atoms with Gasteiger partial charge in [-0.25, -0.2) is 0 Å². The molecule has 0 heterocycles. The summed E-state index contributed by atoms with van der Waals surface area (Å²) in [4.78, 5) is 22.9. The van der Waals surface area contributed by atoms with Gasteiger partial charge in [0.15, 0.2) is 0 Å². The molecule has 0 bridgehead atoms. The first-order valence-corrected chi connectivity index (χ1v) is 9.50. The summed E-state index contributed by atoms with van der Waals surface area (Å²) < 4.78 is 0. The monoisotopic (exact) mass is 348 g/mol. The molecular formula is C15H28N2O3S2. The van der Waals surface area contributed by atoms with Crippen molar-refractivity contribution in [3.8, 4) is 0 Å². The molecule has 0 aliphatic heterocycles. The number of thioether (sulfide) groups is 2. The molecule has 0 radical (unpaired) electrons. The maximum absolute atomic E-state index is 12.0. The Hall–Kier alpha value is -0.690. The summed E-state index contributed by atoms with van der Waals surface area (Å²) in [6.45, 7) is 8.66. The molecule has 1 unspecified atom stereocenters. The maximum Gasteiger partial charge on any atom is 0.305 e. The summed E-state index contributed by atoms with van der Waals surface area (Å²) in [5.41, 5.74) is 0. The molecule has 0 aliphatic rings. The summed E-state index contributed by atoms with van der Waals surface area (Å²) in [6, 6.07) is 0. The molecule has 3 N–H and O–H groups in total. The van der Waals surface area contributed by atoms with Crippen LogP contribution in [0.25, 0.3) is 0 Å². The minimum Gasteiger partial charge on any atom is -0.481 e. The number of aliphatic carboxylic acids is 1. The second-order valence-electron chi connectivity index (χ2n) is 5.79. The lowest BCUT2D eigenvalue weighted by atomic mass is 10.2. The summed E-state index contributed by atoms with van der Waals surface area (Å²) in [5, 5.41) is 20.0. The Morgan fingerprint density at radius 1 is 1.23 bits per heavy atom. The fraction of sp³-hybridized carbons (Fsp3) is 0.800. The van der Waals surface area contributed by atoms with E-state index in [0.717, 1.165) is 6.42 Å². The molecule has 0 aromatic carbocycles. The minimum atomic E-state index is -0.958. The number of hydrogen-bond donors (Lipinski definition) is 3. The van der Waals surface area contributed by atoms with Gasteiger partial charge in [-0.15, -0.1) is 23.5 Å². The van der Waals surface area contributed by atoms with Gasteiger partial charge < -0.3 is 10.4 Å². The number of rotatable bonds is 11. The van der Waals surface area contributed by atoms with E-state index in [0.29, 0.717) is 34.9 Å². The molecule has 22 heavy (non-hydrogen) atoms. The molecule has 0 aliphatic carbocycles. The minimum absolute atomic E-state index is 0.160. The lowest BCUT2D eigenvalue weighted by Gasteiger charge is -2.16. The first-order chi connectivity index (χ1) is 10.2. The maximum atomic E-state index is 12.0. The van der Waals surface area contributed by atoms with E-state index >= 15 is 0 Å². The van der Waals surface area contributed by atoms with Crippen molar-refractivity contribution in [2.75, 3.05) is 12.3 Å². The van der Waals surface area contributed by atoms with E-state index in [1.165, 1.54) is 11.8 Å². The number of nitrogens with one attached hydrogen (secondary N) is 2. The van der Waals surface area contributed by atoms with E-state index in [4.69, 9.17) is 10.5 Å². The molecule has 0 spiro atoms. The van der Waals surface area contributed by atoms with Crippen LogP contribution in [0.2, 0.25) is 0 Å². The van der Waals surface area contributed by atoms with Gasteiger partial charge in [-0.05, 0) is 24.5 Å². The van der Waals surface area contributed by atoms with Crippen LogP contribution in [-0.4, -0.2) is 44.8 Å². The van der Waals surface area contributed by atoms with E-state index in [1.54, 1.807) is 11.8 Å². The van der Waals surface area contributed by atoms with Crippen molar-refractivity contribution < 1.29 is 14.7 Å². The fourth-order valence-electron chi connectivity index (χ4n) is 1.61. The Kier molecular flexibility index (Phi) is 11.5. The molecule has 0 aromatic heterocycles. The van der Waals surface area contributed by atoms with Crippen LogP contribution >= 0.6 is 23.5 Å². The van der Waals surface area contributed by atoms with Gasteiger partial charge in [0.1, 0.15) is 0 Å². The largest absolute Gasteiger partial charge is 0.481 e. The molecular weight excluding hydrogens is 320 g/mol. The lowest BCUT2D eigenvalue weighted by Crippen LogP contribution is -2.36. The van der Waals surface area contributed by atoms with Crippen molar-refractivity contribution in [3.05, 3.63) is 0 Å². The molecule has 0 saturated heterocycles. The Balaban J connectivity index is 4.16. The van der Waals surface area contributed by atoms with Crippen molar-refractivity contribution in [1.29, 1.82) is 5.41 Å². The molecule has 5 nitrogen and oxygen atoms in total. The van der Waals surface area contributed by atoms with Gasteiger partial charge in [0, 0.05) is 11.8 Å². The Bertz CT molecular complexity index is 374. The van der Waals surface area contributed by atoms with E-state index in [-0.39, 0.29) is 12.3 Å². The molecule has 7 heteroatoms. The number of carboxylic acid groups (broad SMARTS) is 1. The average Bonchev–Trinajstić information content (AvgIpc) is 2.38. The van der Waals surface area contributed by atoms with Crippen LogP contribution in [0.4, 0.5) is 0 Å². The smallest absolute Gasteiger partial charge is 0.305 e. The highest BCUT2D eigenvalue weighted by Gasteiger charge is 2.22. The molecule has 0 aromatic rings. The highest BCUT2D eigenvalue weighted by Crippen LogP contribution is 2.20. The average molecular weight is 349 g/mol. The van der Waals surface area contributed by atoms with Crippen molar-refractivity contribution in [2.24, 2.45) is 5.92 Å². The van der Waals surface area contributed by atoms with Gasteiger partial charge in [0.2, 0.25) is 5.91 Å². The molecule has 0 saturated carbocycles. The van der Waals surface area contributed by atoms with E-state index in [9.17, 15) is 9.59 Å². The van der Waals surface area contributed by atoms with Crippen LogP contribution < -0.4 is 5.32 Å². The van der Waals surface area contributed by atoms with Crippen molar-refractivity contribution in [2.45, 2.75) is 57.5 Å². The topological polar surface area (TPSA) is 90.2 Å². The SMILES string of the molecule is CC(C)CNC(=O)C(CC(=O)O)SCCCC(=N)SC(C)C. The zero-order valence-electron chi connectivity index (χ0n) is 13.8. The number of amides is 1. The molecule has 1 amide bonds. The van der Waals surface area contributed by atoms with Gasteiger partial charge in [0.25, 0.3) is 0 Å². The first kappa shape index (κ1) is 21.3. The molecule has 128 valence electrons. The predicted octanol–water partition coefficient (Wildman–Crippen LogP) is 3.23. The third-order valence-corrected chi connectivity index (χ3v) is 4.85. The summed E-state index contributed by atoms with van der Waals surface area (Å²) in [5.74, 6) is -0.130. The zero-order valence-corrected chi connectivity index (χ0v) is 15.5. The third kappa shape index (κ3) is 11.9. The van der Waals surface area contributed by atoms with Crippen molar-refractivity contribution in [1.82, 2.24) is 5.32 Å². The van der Waals surface area contributed by atoms with Gasteiger partial charge in [0.05, 0.1) is 16.7 Å². The highest BCUT2D eigenvalue weighted by atomic mass is 32.2. The van der Waals surface area contributed by atoms with Gasteiger partial charge in [-0.2, -0.15) is 0 Å².